The van der Waals surface area contributed by atoms with Crippen LogP contribution in [0.4, 0.5) is 0 Å². The number of furan rings is 1. The summed E-state index contributed by atoms with van der Waals surface area (Å²) in [4.78, 5) is 16.0. The first-order valence-corrected chi connectivity index (χ1v) is 5.78. The van der Waals surface area contributed by atoms with Crippen molar-refractivity contribution in [3.05, 3.63) is 23.1 Å². The normalized spacial score (nSPS) is 16.8. The second-order valence-corrected chi connectivity index (χ2v) is 4.22. The van der Waals surface area contributed by atoms with Gasteiger partial charge in [0.1, 0.15) is 0 Å². The van der Waals surface area contributed by atoms with Crippen molar-refractivity contribution in [3.8, 4) is 12.3 Å². The van der Waals surface area contributed by atoms with Gasteiger partial charge in [-0.15, -0.1) is 6.42 Å². The molecular weight excluding hydrogens is 240 g/mol. The maximum Gasteiger partial charge on any atom is 0.258 e. The van der Waals surface area contributed by atoms with Gasteiger partial charge >= 0.3 is 0 Å². The summed E-state index contributed by atoms with van der Waals surface area (Å²) in [7, 11) is 0. The molecule has 0 bridgehead atoms. The Labute approximate surface area is 105 Å². The minimum Gasteiger partial charge on any atom is -0.452 e. The largest absolute Gasteiger partial charge is 0.452 e. The Kier molecular flexibility index (Phi) is 3.72. The molecule has 4 nitrogen and oxygen atoms in total. The van der Waals surface area contributed by atoms with Crippen LogP contribution in [-0.4, -0.2) is 48.4 Å². The van der Waals surface area contributed by atoms with Gasteiger partial charge in [0.05, 0.1) is 18.4 Å². The molecule has 1 aromatic heterocycles. The highest BCUT2D eigenvalue weighted by Gasteiger charge is 2.24. The number of hydrogen-bond donors (Lipinski definition) is 0. The van der Waals surface area contributed by atoms with E-state index in [1.807, 2.05) is 0 Å². The zero-order valence-electron chi connectivity index (χ0n) is 9.36. The Morgan fingerprint density at radius 2 is 2.18 bits per heavy atom. The van der Waals surface area contributed by atoms with E-state index >= 15 is 0 Å². The number of piperazine rings is 1. The van der Waals surface area contributed by atoms with Gasteiger partial charge in [-0.25, -0.2) is 0 Å². The van der Waals surface area contributed by atoms with Gasteiger partial charge in [0.15, 0.2) is 0 Å². The summed E-state index contributed by atoms with van der Waals surface area (Å²) in [6.07, 6.45) is 6.67. The van der Waals surface area contributed by atoms with Gasteiger partial charge in [-0.3, -0.25) is 9.69 Å². The zero-order chi connectivity index (χ0) is 12.3. The number of hydrogen-bond acceptors (Lipinski definition) is 3. The Morgan fingerprint density at radius 3 is 2.71 bits per heavy atom. The standard InChI is InChI=1S/C12H13ClN2O2/c1-2-4-14-5-7-15(8-6-14)12(16)10-3-9-17-11(10)13/h1,3,9H,4-8H2. The number of carbonyl (C=O) groups is 1. The molecular formula is C12H13ClN2O2. The Balaban J connectivity index is 1.96. The van der Waals surface area contributed by atoms with Crippen molar-refractivity contribution in [1.82, 2.24) is 9.80 Å². The summed E-state index contributed by atoms with van der Waals surface area (Å²) in [6, 6.07) is 1.60. The molecule has 1 saturated heterocycles. The van der Waals surface area contributed by atoms with Crippen LogP contribution in [0.25, 0.3) is 0 Å². The lowest BCUT2D eigenvalue weighted by molar-refractivity contribution is 0.0651. The number of carbonyl (C=O) groups excluding carboxylic acids is 1. The van der Waals surface area contributed by atoms with Gasteiger partial charge in [0, 0.05) is 26.2 Å². The van der Waals surface area contributed by atoms with Crippen molar-refractivity contribution in [2.75, 3.05) is 32.7 Å². The van der Waals surface area contributed by atoms with E-state index in [-0.39, 0.29) is 11.1 Å². The lowest BCUT2D eigenvalue weighted by Gasteiger charge is -2.33. The summed E-state index contributed by atoms with van der Waals surface area (Å²) in [5.74, 6) is 2.52. The lowest BCUT2D eigenvalue weighted by atomic mass is 10.2. The fourth-order valence-corrected chi connectivity index (χ4v) is 2.05. The predicted octanol–water partition coefficient (Wildman–Crippen LogP) is 1.32. The molecule has 1 aromatic rings. The third-order valence-electron chi connectivity index (χ3n) is 2.82. The molecule has 0 N–H and O–H groups in total. The van der Waals surface area contributed by atoms with E-state index in [9.17, 15) is 4.79 Å². The molecule has 0 spiro atoms. The number of halogens is 1. The number of nitrogens with zero attached hydrogens (tertiary/aromatic N) is 2. The second kappa shape index (κ2) is 5.26. The Bertz CT molecular complexity index is 442. The van der Waals surface area contributed by atoms with Gasteiger partial charge in [-0.05, 0) is 17.7 Å². The van der Waals surface area contributed by atoms with E-state index in [4.69, 9.17) is 22.4 Å². The topological polar surface area (TPSA) is 36.7 Å². The van der Waals surface area contributed by atoms with E-state index in [1.54, 1.807) is 11.0 Å². The average molecular weight is 253 g/mol. The van der Waals surface area contributed by atoms with Crippen molar-refractivity contribution in [2.45, 2.75) is 0 Å². The van der Waals surface area contributed by atoms with E-state index in [2.05, 4.69) is 10.8 Å². The molecule has 1 aliphatic heterocycles. The molecule has 0 saturated carbocycles. The molecule has 2 rings (SSSR count). The molecule has 1 fully saturated rings. The first-order chi connectivity index (χ1) is 8.22. The third-order valence-corrected chi connectivity index (χ3v) is 3.12. The van der Waals surface area contributed by atoms with Crippen LogP contribution in [0.15, 0.2) is 16.7 Å². The van der Waals surface area contributed by atoms with Gasteiger partial charge in [-0.2, -0.15) is 0 Å². The SMILES string of the molecule is C#CCN1CCN(C(=O)c2ccoc2Cl)CC1. The average Bonchev–Trinajstić information content (AvgIpc) is 2.76. The van der Waals surface area contributed by atoms with Crippen LogP contribution in [0.2, 0.25) is 5.22 Å². The molecule has 0 aromatic carbocycles. The fraction of sp³-hybridized carbons (Fsp3) is 0.417. The van der Waals surface area contributed by atoms with Crippen LogP contribution in [0, 0.1) is 12.3 Å². The molecule has 17 heavy (non-hydrogen) atoms. The monoisotopic (exact) mass is 252 g/mol. The molecule has 0 radical (unpaired) electrons. The maximum absolute atomic E-state index is 12.1. The first kappa shape index (κ1) is 12.0. The van der Waals surface area contributed by atoms with Gasteiger partial charge in [0.25, 0.3) is 5.91 Å². The maximum atomic E-state index is 12.1. The number of amides is 1. The highest BCUT2D eigenvalue weighted by molar-refractivity contribution is 6.32. The smallest absolute Gasteiger partial charge is 0.258 e. The van der Waals surface area contributed by atoms with Crippen molar-refractivity contribution in [3.63, 3.8) is 0 Å². The predicted molar refractivity (Wildman–Crippen MR) is 64.9 cm³/mol. The highest BCUT2D eigenvalue weighted by Crippen LogP contribution is 2.19. The van der Waals surface area contributed by atoms with E-state index in [0.29, 0.717) is 25.2 Å². The fourth-order valence-electron chi connectivity index (χ4n) is 1.85. The van der Waals surface area contributed by atoms with Gasteiger partial charge in [0.2, 0.25) is 5.22 Å². The van der Waals surface area contributed by atoms with E-state index in [1.165, 1.54) is 6.26 Å². The summed E-state index contributed by atoms with van der Waals surface area (Å²) in [5, 5.41) is 0.154. The van der Waals surface area contributed by atoms with Crippen LogP contribution < -0.4 is 0 Å². The minimum atomic E-state index is -0.0795. The molecule has 90 valence electrons. The summed E-state index contributed by atoms with van der Waals surface area (Å²) in [5.41, 5.74) is 0.428. The molecule has 1 amide bonds. The summed E-state index contributed by atoms with van der Waals surface area (Å²) in [6.45, 7) is 3.56. The summed E-state index contributed by atoms with van der Waals surface area (Å²) < 4.78 is 4.92. The molecule has 2 heterocycles. The first-order valence-electron chi connectivity index (χ1n) is 5.40. The number of terminal acetylenes is 1. The zero-order valence-corrected chi connectivity index (χ0v) is 10.1. The lowest BCUT2D eigenvalue weighted by Crippen LogP contribution is -2.48. The van der Waals surface area contributed by atoms with Crippen LogP contribution in [0.5, 0.6) is 0 Å². The van der Waals surface area contributed by atoms with Crippen LogP contribution in [0.3, 0.4) is 0 Å². The van der Waals surface area contributed by atoms with Crippen molar-refractivity contribution in [1.29, 1.82) is 0 Å². The van der Waals surface area contributed by atoms with Crippen LogP contribution in [0.1, 0.15) is 10.4 Å². The summed E-state index contributed by atoms with van der Waals surface area (Å²) >= 11 is 5.78. The van der Waals surface area contributed by atoms with E-state index in [0.717, 1.165) is 13.1 Å². The molecule has 0 unspecified atom stereocenters. The Morgan fingerprint density at radius 1 is 1.47 bits per heavy atom. The minimum absolute atomic E-state index is 0.0795. The van der Waals surface area contributed by atoms with Crippen molar-refractivity contribution in [2.24, 2.45) is 0 Å². The van der Waals surface area contributed by atoms with Crippen molar-refractivity contribution >= 4 is 17.5 Å². The van der Waals surface area contributed by atoms with E-state index < -0.39 is 0 Å². The second-order valence-electron chi connectivity index (χ2n) is 3.88. The molecule has 5 heteroatoms. The highest BCUT2D eigenvalue weighted by atomic mass is 35.5. The quantitative estimate of drug-likeness (QED) is 0.745. The third kappa shape index (κ3) is 2.63. The Hall–Kier alpha value is -1.44. The molecule has 0 aliphatic carbocycles. The van der Waals surface area contributed by atoms with Crippen LogP contribution in [-0.2, 0) is 0 Å². The molecule has 0 atom stereocenters. The number of rotatable bonds is 2. The molecule has 1 aliphatic rings. The van der Waals surface area contributed by atoms with Crippen molar-refractivity contribution < 1.29 is 9.21 Å². The van der Waals surface area contributed by atoms with Crippen LogP contribution >= 0.6 is 11.6 Å². The van der Waals surface area contributed by atoms with Gasteiger partial charge < -0.3 is 9.32 Å². The van der Waals surface area contributed by atoms with Gasteiger partial charge in [-0.1, -0.05) is 5.92 Å².